The summed E-state index contributed by atoms with van der Waals surface area (Å²) < 4.78 is 1.79. The number of phenols is 1. The zero-order valence-corrected chi connectivity index (χ0v) is 15.5. The Balaban J connectivity index is 1.88. The van der Waals surface area contributed by atoms with Crippen molar-refractivity contribution in [1.29, 1.82) is 0 Å². The highest BCUT2D eigenvalue weighted by Gasteiger charge is 2.51. The highest BCUT2D eigenvalue weighted by atomic mass is 16.4. The number of Topliss-reactive ketones (excluding diaryl/α,β-unsaturated/α-hetero) is 1. The van der Waals surface area contributed by atoms with Crippen molar-refractivity contribution in [2.45, 2.75) is 31.2 Å². The van der Waals surface area contributed by atoms with E-state index in [2.05, 4.69) is 5.32 Å². The Bertz CT molecular complexity index is 1040. The number of phenolic OH excluding ortho intramolecular Hbond substituents is 1. The van der Waals surface area contributed by atoms with Gasteiger partial charge in [-0.25, -0.2) is 0 Å². The van der Waals surface area contributed by atoms with Gasteiger partial charge in [-0.3, -0.25) is 14.4 Å². The fraction of sp³-hybridized carbons (Fsp3) is 0.286. The predicted molar refractivity (Wildman–Crippen MR) is 103 cm³/mol. The largest absolute Gasteiger partial charge is 0.508 e. The predicted octanol–water partition coefficient (Wildman–Crippen LogP) is 2.18. The van der Waals surface area contributed by atoms with Crippen molar-refractivity contribution in [3.05, 3.63) is 47.7 Å². The third kappa shape index (κ3) is 2.88. The molecular weight excluding hydrogens is 376 g/mol. The highest BCUT2D eigenvalue weighted by molar-refractivity contribution is 6.27. The first-order chi connectivity index (χ1) is 13.8. The van der Waals surface area contributed by atoms with Gasteiger partial charge in [0, 0.05) is 5.69 Å². The second-order valence-electron chi connectivity index (χ2n) is 7.35. The zero-order chi connectivity index (χ0) is 20.8. The lowest BCUT2D eigenvalue weighted by Gasteiger charge is -2.37. The molecule has 1 aromatic carbocycles. The maximum Gasteiger partial charge on any atom is 0.322 e. The second kappa shape index (κ2) is 6.80. The molecule has 4 rings (SSSR count). The zero-order valence-electron chi connectivity index (χ0n) is 15.5. The van der Waals surface area contributed by atoms with Gasteiger partial charge in [0.1, 0.15) is 23.4 Å². The van der Waals surface area contributed by atoms with Crippen molar-refractivity contribution in [3.63, 3.8) is 0 Å². The number of nitrogens with zero attached hydrogens (tertiary/aromatic N) is 1. The number of benzene rings is 1. The van der Waals surface area contributed by atoms with Gasteiger partial charge in [0.05, 0.1) is 5.69 Å². The summed E-state index contributed by atoms with van der Waals surface area (Å²) in [4.78, 5) is 36.8. The molecule has 1 amide bonds. The third-order valence-electron chi connectivity index (χ3n) is 5.66. The number of carbonyl (C=O) groups is 3. The number of fused-ring (bicyclic) bond motifs is 2. The summed E-state index contributed by atoms with van der Waals surface area (Å²) in [5.41, 5.74) is 0.409. The van der Waals surface area contributed by atoms with Gasteiger partial charge in [0.25, 0.3) is 5.91 Å². The summed E-state index contributed by atoms with van der Waals surface area (Å²) in [6.45, 7) is -0.643. The molecule has 2 aromatic rings. The van der Waals surface area contributed by atoms with Crippen LogP contribution < -0.4 is 5.32 Å². The molecular formula is C21H20N2O6. The number of carbonyl (C=O) groups excluding carboxylic acids is 2. The molecule has 1 fully saturated rings. The van der Waals surface area contributed by atoms with E-state index in [1.165, 1.54) is 0 Å². The maximum atomic E-state index is 13.5. The van der Waals surface area contributed by atoms with Crippen LogP contribution in [0.3, 0.4) is 0 Å². The van der Waals surface area contributed by atoms with Gasteiger partial charge in [-0.2, -0.15) is 0 Å². The lowest BCUT2D eigenvalue weighted by Crippen LogP contribution is -2.48. The first kappa shape index (κ1) is 18.8. The molecule has 150 valence electrons. The normalized spacial score (nSPS) is 17.4. The van der Waals surface area contributed by atoms with Gasteiger partial charge < -0.3 is 25.2 Å². The van der Waals surface area contributed by atoms with Gasteiger partial charge in [0.15, 0.2) is 11.5 Å². The van der Waals surface area contributed by atoms with E-state index in [0.717, 1.165) is 18.4 Å². The number of ketones is 1. The molecule has 0 bridgehead atoms. The van der Waals surface area contributed by atoms with E-state index in [9.17, 15) is 24.6 Å². The van der Waals surface area contributed by atoms with Crippen molar-refractivity contribution in [1.82, 2.24) is 9.88 Å². The molecule has 1 spiro atoms. The van der Waals surface area contributed by atoms with Gasteiger partial charge in [-0.15, -0.1) is 0 Å². The summed E-state index contributed by atoms with van der Waals surface area (Å²) in [5, 5.41) is 31.3. The summed E-state index contributed by atoms with van der Waals surface area (Å²) in [7, 11) is 0. The van der Waals surface area contributed by atoms with Gasteiger partial charge in [-0.05, 0) is 54.8 Å². The average molecular weight is 396 g/mol. The van der Waals surface area contributed by atoms with E-state index in [4.69, 9.17) is 5.11 Å². The molecule has 1 aromatic heterocycles. The van der Waals surface area contributed by atoms with Crippen LogP contribution in [0.5, 0.6) is 5.75 Å². The van der Waals surface area contributed by atoms with Crippen LogP contribution >= 0.6 is 0 Å². The molecule has 0 saturated heterocycles. The van der Waals surface area contributed by atoms with Crippen molar-refractivity contribution >= 4 is 23.4 Å². The van der Waals surface area contributed by atoms with Crippen LogP contribution in [0, 0.1) is 0 Å². The minimum absolute atomic E-state index is 0.117. The molecule has 2 heterocycles. The van der Waals surface area contributed by atoms with Crippen LogP contribution in [0.1, 0.15) is 31.4 Å². The lowest BCUT2D eigenvalue weighted by atomic mass is 9.82. The van der Waals surface area contributed by atoms with E-state index in [1.54, 1.807) is 41.0 Å². The van der Waals surface area contributed by atoms with Crippen LogP contribution in [-0.4, -0.2) is 44.1 Å². The summed E-state index contributed by atoms with van der Waals surface area (Å²) in [6.07, 6.45) is 2.62. The van der Waals surface area contributed by atoms with E-state index in [1.807, 2.05) is 0 Å². The van der Waals surface area contributed by atoms with Crippen LogP contribution in [0.25, 0.3) is 17.0 Å². The van der Waals surface area contributed by atoms with E-state index < -0.39 is 41.1 Å². The maximum absolute atomic E-state index is 13.5. The fourth-order valence-electron chi connectivity index (χ4n) is 4.38. The molecule has 4 N–H and O–H groups in total. The van der Waals surface area contributed by atoms with Crippen LogP contribution in [0.15, 0.2) is 42.0 Å². The summed E-state index contributed by atoms with van der Waals surface area (Å²) in [6, 6.07) is 9.95. The molecule has 0 atom stereocenters. The number of aliphatic carboxylic acids is 1. The molecule has 1 aliphatic heterocycles. The Labute approximate surface area is 166 Å². The first-order valence-electron chi connectivity index (χ1n) is 9.35. The second-order valence-corrected chi connectivity index (χ2v) is 7.35. The smallest absolute Gasteiger partial charge is 0.322 e. The highest BCUT2D eigenvalue weighted by Crippen LogP contribution is 2.47. The molecule has 0 radical (unpaired) electrons. The molecule has 1 aliphatic carbocycles. The fourth-order valence-corrected chi connectivity index (χ4v) is 4.38. The van der Waals surface area contributed by atoms with Crippen molar-refractivity contribution in [2.75, 3.05) is 6.54 Å². The number of rotatable bonds is 4. The van der Waals surface area contributed by atoms with Gasteiger partial charge in [0.2, 0.25) is 0 Å². The SMILES string of the molecule is O=C(O)CNC(=O)C1=C(O)c2ccc(-c3ccc(O)cc3)n2C2(CCCC2)C1=O. The number of carboxylic acids is 1. The molecule has 0 unspecified atom stereocenters. The minimum Gasteiger partial charge on any atom is -0.508 e. The molecule has 29 heavy (non-hydrogen) atoms. The Morgan fingerprint density at radius 1 is 1.00 bits per heavy atom. The Kier molecular flexibility index (Phi) is 4.41. The molecule has 8 heteroatoms. The topological polar surface area (TPSA) is 129 Å². The molecule has 1 saturated carbocycles. The summed E-state index contributed by atoms with van der Waals surface area (Å²) >= 11 is 0. The number of aromatic hydroxyl groups is 1. The monoisotopic (exact) mass is 396 g/mol. The quantitative estimate of drug-likeness (QED) is 0.587. The van der Waals surface area contributed by atoms with Crippen LogP contribution in [-0.2, 0) is 19.9 Å². The van der Waals surface area contributed by atoms with Crippen molar-refractivity contribution in [2.24, 2.45) is 0 Å². The summed E-state index contributed by atoms with van der Waals surface area (Å²) in [5.74, 6) is -2.97. The Morgan fingerprint density at radius 2 is 1.62 bits per heavy atom. The Hall–Kier alpha value is -3.55. The van der Waals surface area contributed by atoms with Crippen LogP contribution in [0.2, 0.25) is 0 Å². The van der Waals surface area contributed by atoms with E-state index in [0.29, 0.717) is 24.2 Å². The van der Waals surface area contributed by atoms with E-state index >= 15 is 0 Å². The van der Waals surface area contributed by atoms with Gasteiger partial charge >= 0.3 is 5.97 Å². The molecule has 2 aliphatic rings. The van der Waals surface area contributed by atoms with Crippen LogP contribution in [0.4, 0.5) is 0 Å². The number of aliphatic hydroxyl groups excluding tert-OH is 1. The third-order valence-corrected chi connectivity index (χ3v) is 5.66. The Morgan fingerprint density at radius 3 is 2.24 bits per heavy atom. The number of hydrogen-bond acceptors (Lipinski definition) is 5. The molecule has 8 nitrogen and oxygen atoms in total. The van der Waals surface area contributed by atoms with E-state index in [-0.39, 0.29) is 5.75 Å². The first-order valence-corrected chi connectivity index (χ1v) is 9.35. The lowest BCUT2D eigenvalue weighted by molar-refractivity contribution is -0.138. The van der Waals surface area contributed by atoms with Crippen molar-refractivity contribution < 1.29 is 29.7 Å². The number of aliphatic hydroxyl groups is 1. The van der Waals surface area contributed by atoms with Crippen molar-refractivity contribution in [3.8, 4) is 17.0 Å². The minimum atomic E-state index is -1.24. The number of carboxylic acid groups (broad SMARTS) is 1. The number of hydrogen-bond donors (Lipinski definition) is 4. The standard InChI is InChI=1S/C21H20N2O6/c24-13-5-3-12(4-6-13)14-7-8-15-18(27)17(20(29)22-11-16(25)26)19(28)21(23(14)15)9-1-2-10-21/h3-8,24,27H,1-2,9-11H2,(H,22,29)(H,25,26). The number of aromatic nitrogens is 1. The number of amides is 1. The average Bonchev–Trinajstić information content (AvgIpc) is 3.34. The number of nitrogens with one attached hydrogen (secondary N) is 1. The van der Waals surface area contributed by atoms with Gasteiger partial charge in [-0.1, -0.05) is 12.8 Å².